The number of nitrogens with one attached hydrogen (secondary N) is 1. The van der Waals surface area contributed by atoms with Crippen molar-refractivity contribution in [3.8, 4) is 0 Å². The summed E-state index contributed by atoms with van der Waals surface area (Å²) in [6, 6.07) is 6.28. The predicted octanol–water partition coefficient (Wildman–Crippen LogP) is 2.48. The molecule has 0 saturated carbocycles. The van der Waals surface area contributed by atoms with Crippen molar-refractivity contribution in [2.75, 3.05) is 5.73 Å². The zero-order chi connectivity index (χ0) is 14.0. The van der Waals surface area contributed by atoms with Gasteiger partial charge in [-0.2, -0.15) is 0 Å². The zero-order valence-corrected chi connectivity index (χ0v) is 11.9. The summed E-state index contributed by atoms with van der Waals surface area (Å²) >= 11 is 0. The summed E-state index contributed by atoms with van der Waals surface area (Å²) in [5, 5.41) is 2.06. The maximum Gasteiger partial charge on any atom is 0.267 e. The fourth-order valence-electron chi connectivity index (χ4n) is 2.71. The third kappa shape index (κ3) is 3.07. The van der Waals surface area contributed by atoms with Crippen LogP contribution >= 0.6 is 0 Å². The number of carbonyl (C=O) groups is 1. The summed E-state index contributed by atoms with van der Waals surface area (Å²) in [6.45, 7) is 6.26. The number of hydrogen-bond acceptors (Lipinski definition) is 3. The predicted molar refractivity (Wildman–Crippen MR) is 77.7 cm³/mol. The maximum atomic E-state index is 12.3. The van der Waals surface area contributed by atoms with Crippen molar-refractivity contribution in [2.24, 2.45) is 0 Å². The molecule has 1 aromatic rings. The third-order valence-electron chi connectivity index (χ3n) is 3.88. The normalized spacial score (nSPS) is 24.2. The van der Waals surface area contributed by atoms with Crippen LogP contribution in [0.5, 0.6) is 0 Å². The van der Waals surface area contributed by atoms with E-state index in [1.165, 1.54) is 6.42 Å². The molecule has 2 rings (SSSR count). The van der Waals surface area contributed by atoms with Crippen molar-refractivity contribution in [1.29, 1.82) is 0 Å². The van der Waals surface area contributed by atoms with Gasteiger partial charge in [0, 0.05) is 17.8 Å². The molecule has 19 heavy (non-hydrogen) atoms. The minimum Gasteiger partial charge on any atom is -0.398 e. The number of hydrazine groups is 1. The van der Waals surface area contributed by atoms with Crippen LogP contribution in [0.1, 0.15) is 49.0 Å². The van der Waals surface area contributed by atoms with E-state index in [9.17, 15) is 4.79 Å². The summed E-state index contributed by atoms with van der Waals surface area (Å²) in [6.07, 6.45) is 3.46. The van der Waals surface area contributed by atoms with E-state index >= 15 is 0 Å². The number of aryl methyl sites for hydroxylation is 1. The Morgan fingerprint density at radius 2 is 1.95 bits per heavy atom. The molecule has 1 heterocycles. The van der Waals surface area contributed by atoms with Crippen molar-refractivity contribution in [3.63, 3.8) is 0 Å². The Hall–Kier alpha value is -1.55. The van der Waals surface area contributed by atoms with E-state index in [-0.39, 0.29) is 5.91 Å². The van der Waals surface area contributed by atoms with Crippen LogP contribution in [-0.4, -0.2) is 23.0 Å². The first-order valence-corrected chi connectivity index (χ1v) is 6.94. The molecule has 0 bridgehead atoms. The standard InChI is InChI=1S/C15H23N3O/c1-10-7-8-13(14(16)9-10)15(19)17-18-11(2)5-4-6-12(18)3/h7-9,11-12H,4-6,16H2,1-3H3,(H,17,19). The Morgan fingerprint density at radius 1 is 1.32 bits per heavy atom. The van der Waals surface area contributed by atoms with Crippen molar-refractivity contribution < 1.29 is 4.79 Å². The van der Waals surface area contributed by atoms with Gasteiger partial charge in [-0.15, -0.1) is 0 Å². The molecule has 1 fully saturated rings. The molecule has 2 unspecified atom stereocenters. The molecule has 0 radical (unpaired) electrons. The Kier molecular flexibility index (Phi) is 4.10. The van der Waals surface area contributed by atoms with E-state index in [2.05, 4.69) is 24.3 Å². The molecular formula is C15H23N3O. The van der Waals surface area contributed by atoms with E-state index in [0.29, 0.717) is 23.3 Å². The summed E-state index contributed by atoms with van der Waals surface area (Å²) in [5.74, 6) is -0.113. The summed E-state index contributed by atoms with van der Waals surface area (Å²) < 4.78 is 0. The van der Waals surface area contributed by atoms with E-state index in [4.69, 9.17) is 5.73 Å². The van der Waals surface area contributed by atoms with E-state index in [0.717, 1.165) is 18.4 Å². The number of hydrogen-bond donors (Lipinski definition) is 2. The lowest BCUT2D eigenvalue weighted by molar-refractivity contribution is 0.0370. The minimum atomic E-state index is -0.113. The fraction of sp³-hybridized carbons (Fsp3) is 0.533. The number of rotatable bonds is 2. The minimum absolute atomic E-state index is 0.113. The molecular weight excluding hydrogens is 238 g/mol. The Labute approximate surface area is 114 Å². The molecule has 0 aromatic heterocycles. The second kappa shape index (κ2) is 5.61. The highest BCUT2D eigenvalue weighted by Crippen LogP contribution is 2.21. The van der Waals surface area contributed by atoms with Crippen LogP contribution in [0.3, 0.4) is 0 Å². The molecule has 104 valence electrons. The van der Waals surface area contributed by atoms with Gasteiger partial charge in [-0.3, -0.25) is 10.2 Å². The SMILES string of the molecule is Cc1ccc(C(=O)NN2C(C)CCCC2C)c(N)c1. The molecule has 4 nitrogen and oxygen atoms in total. The molecule has 2 atom stereocenters. The first kappa shape index (κ1) is 13.9. The van der Waals surface area contributed by atoms with E-state index in [1.807, 2.05) is 19.1 Å². The summed E-state index contributed by atoms with van der Waals surface area (Å²) in [5.41, 5.74) is 11.1. The summed E-state index contributed by atoms with van der Waals surface area (Å²) in [4.78, 5) is 12.3. The topological polar surface area (TPSA) is 58.4 Å². The second-order valence-electron chi connectivity index (χ2n) is 5.57. The highest BCUT2D eigenvalue weighted by molar-refractivity contribution is 5.98. The van der Waals surface area contributed by atoms with Gasteiger partial charge in [0.2, 0.25) is 0 Å². The lowest BCUT2D eigenvalue weighted by Crippen LogP contribution is -2.54. The molecule has 1 saturated heterocycles. The monoisotopic (exact) mass is 261 g/mol. The molecule has 1 aliphatic rings. The maximum absolute atomic E-state index is 12.3. The number of carbonyl (C=O) groups excluding carboxylic acids is 1. The van der Waals surface area contributed by atoms with Gasteiger partial charge in [0.1, 0.15) is 0 Å². The van der Waals surface area contributed by atoms with E-state index < -0.39 is 0 Å². The van der Waals surface area contributed by atoms with Crippen LogP contribution in [-0.2, 0) is 0 Å². The number of benzene rings is 1. The highest BCUT2D eigenvalue weighted by Gasteiger charge is 2.26. The third-order valence-corrected chi connectivity index (χ3v) is 3.88. The van der Waals surface area contributed by atoms with Gasteiger partial charge in [0.25, 0.3) is 5.91 Å². The molecule has 0 aliphatic carbocycles. The van der Waals surface area contributed by atoms with Crippen LogP contribution in [0.25, 0.3) is 0 Å². The Balaban J connectivity index is 2.11. The highest BCUT2D eigenvalue weighted by atomic mass is 16.2. The molecule has 4 heteroatoms. The number of amides is 1. The fourth-order valence-corrected chi connectivity index (χ4v) is 2.71. The van der Waals surface area contributed by atoms with Crippen molar-refractivity contribution >= 4 is 11.6 Å². The Morgan fingerprint density at radius 3 is 2.53 bits per heavy atom. The second-order valence-corrected chi connectivity index (χ2v) is 5.57. The average Bonchev–Trinajstić information content (AvgIpc) is 2.33. The first-order valence-electron chi connectivity index (χ1n) is 6.94. The largest absolute Gasteiger partial charge is 0.398 e. The molecule has 1 amide bonds. The van der Waals surface area contributed by atoms with E-state index in [1.54, 1.807) is 6.07 Å². The van der Waals surface area contributed by atoms with Gasteiger partial charge in [-0.1, -0.05) is 12.5 Å². The Bertz CT molecular complexity index is 462. The van der Waals surface area contributed by atoms with Gasteiger partial charge in [0.05, 0.1) is 5.56 Å². The van der Waals surface area contributed by atoms with Crippen molar-refractivity contribution in [1.82, 2.24) is 10.4 Å². The number of nitrogen functional groups attached to an aromatic ring is 1. The number of nitrogens with two attached hydrogens (primary N) is 1. The average molecular weight is 261 g/mol. The van der Waals surface area contributed by atoms with Crippen molar-refractivity contribution in [3.05, 3.63) is 29.3 Å². The van der Waals surface area contributed by atoms with Crippen LogP contribution in [0, 0.1) is 6.92 Å². The van der Waals surface area contributed by atoms with Crippen LogP contribution in [0.15, 0.2) is 18.2 Å². The molecule has 0 spiro atoms. The van der Waals surface area contributed by atoms with Gasteiger partial charge >= 0.3 is 0 Å². The van der Waals surface area contributed by atoms with Crippen LogP contribution in [0.4, 0.5) is 5.69 Å². The first-order chi connectivity index (χ1) is 8.99. The number of anilines is 1. The number of piperidine rings is 1. The molecule has 3 N–H and O–H groups in total. The van der Waals surface area contributed by atoms with Crippen LogP contribution < -0.4 is 11.2 Å². The zero-order valence-electron chi connectivity index (χ0n) is 11.9. The molecule has 1 aliphatic heterocycles. The van der Waals surface area contributed by atoms with Gasteiger partial charge in [0.15, 0.2) is 0 Å². The quantitative estimate of drug-likeness (QED) is 0.804. The number of nitrogens with zero attached hydrogens (tertiary/aromatic N) is 1. The van der Waals surface area contributed by atoms with Gasteiger partial charge in [-0.25, -0.2) is 5.01 Å². The molecule has 1 aromatic carbocycles. The van der Waals surface area contributed by atoms with Crippen LogP contribution in [0.2, 0.25) is 0 Å². The lowest BCUT2D eigenvalue weighted by Gasteiger charge is -2.38. The van der Waals surface area contributed by atoms with Gasteiger partial charge < -0.3 is 5.73 Å². The van der Waals surface area contributed by atoms with Crippen molar-refractivity contribution in [2.45, 2.75) is 52.1 Å². The van der Waals surface area contributed by atoms with Gasteiger partial charge in [-0.05, 0) is 51.3 Å². The summed E-state index contributed by atoms with van der Waals surface area (Å²) in [7, 11) is 0. The smallest absolute Gasteiger partial charge is 0.267 e. The lowest BCUT2D eigenvalue weighted by atomic mass is 10.00.